The van der Waals surface area contributed by atoms with E-state index in [1.54, 1.807) is 21.3 Å². The van der Waals surface area contributed by atoms with Crippen molar-refractivity contribution in [2.45, 2.75) is 53.6 Å². The quantitative estimate of drug-likeness (QED) is 0.746. The zero-order chi connectivity index (χ0) is 15.3. The molecule has 3 atom stereocenters. The molecule has 0 radical (unpaired) electrons. The molecule has 1 aliphatic heterocycles. The van der Waals surface area contributed by atoms with Crippen LogP contribution in [-0.2, 0) is 23.7 Å². The Morgan fingerprint density at radius 3 is 1.95 bits per heavy atom. The van der Waals surface area contributed by atoms with Gasteiger partial charge in [-0.3, -0.25) is 0 Å². The molecule has 0 bridgehead atoms. The van der Waals surface area contributed by atoms with Crippen LogP contribution >= 0.6 is 0 Å². The average molecular weight is 292 g/mol. The molecule has 0 fully saturated rings. The third-order valence-corrected chi connectivity index (χ3v) is 1.97. The molecule has 1 heterocycles. The lowest BCUT2D eigenvalue weighted by molar-refractivity contribution is -0.175. The summed E-state index contributed by atoms with van der Waals surface area (Å²) in [5.74, 6) is 0.167. The summed E-state index contributed by atoms with van der Waals surface area (Å²) < 4.78 is 20.8. The Morgan fingerprint density at radius 1 is 1.10 bits per heavy atom. The zero-order valence-electron chi connectivity index (χ0n) is 13.1. The van der Waals surface area contributed by atoms with Crippen molar-refractivity contribution in [1.82, 2.24) is 0 Å². The Bertz CT molecular complexity index is 236. The minimum Gasteiger partial charge on any atom is -0.382 e. The van der Waals surface area contributed by atoms with Gasteiger partial charge in [-0.05, 0) is 19.9 Å². The van der Waals surface area contributed by atoms with Crippen molar-refractivity contribution < 1.29 is 23.7 Å². The third-order valence-electron chi connectivity index (χ3n) is 1.97. The lowest BCUT2D eigenvalue weighted by Gasteiger charge is -2.30. The largest absolute Gasteiger partial charge is 0.382 e. The van der Waals surface area contributed by atoms with E-state index >= 15 is 0 Å². The maximum atomic E-state index is 9.44. The van der Waals surface area contributed by atoms with Crippen LogP contribution in [0.15, 0.2) is 12.2 Å². The SMILES string of the molecule is C.CC.CC(C)=O.COCC1OC(OC)C=CC1OC. The normalized spacial score (nSPS) is 23.4. The third kappa shape index (κ3) is 12.3. The molecule has 0 saturated carbocycles. The van der Waals surface area contributed by atoms with Crippen LogP contribution in [0.25, 0.3) is 0 Å². The summed E-state index contributed by atoms with van der Waals surface area (Å²) in [6.07, 6.45) is 3.34. The van der Waals surface area contributed by atoms with E-state index in [1.807, 2.05) is 26.0 Å². The van der Waals surface area contributed by atoms with Gasteiger partial charge in [0.1, 0.15) is 18.0 Å². The van der Waals surface area contributed by atoms with Crippen molar-refractivity contribution >= 4 is 5.78 Å². The Hall–Kier alpha value is -0.750. The summed E-state index contributed by atoms with van der Waals surface area (Å²) in [6, 6.07) is 0. The summed E-state index contributed by atoms with van der Waals surface area (Å²) in [6.45, 7) is 7.56. The van der Waals surface area contributed by atoms with Gasteiger partial charge < -0.3 is 23.7 Å². The second kappa shape index (κ2) is 16.3. The average Bonchev–Trinajstić information content (AvgIpc) is 2.40. The van der Waals surface area contributed by atoms with Gasteiger partial charge in [-0.15, -0.1) is 0 Å². The second-order valence-electron chi connectivity index (χ2n) is 3.73. The molecule has 5 nitrogen and oxygen atoms in total. The number of carbonyl (C=O) groups is 1. The van der Waals surface area contributed by atoms with Crippen molar-refractivity contribution in [3.05, 3.63) is 12.2 Å². The Morgan fingerprint density at radius 2 is 1.60 bits per heavy atom. The number of ether oxygens (including phenoxy) is 4. The van der Waals surface area contributed by atoms with Crippen molar-refractivity contribution in [2.24, 2.45) is 0 Å². The fraction of sp³-hybridized carbons (Fsp3) is 0.800. The molecule has 0 aliphatic carbocycles. The zero-order valence-corrected chi connectivity index (χ0v) is 13.1. The molecule has 1 rings (SSSR count). The first-order chi connectivity index (χ1) is 9.04. The maximum absolute atomic E-state index is 9.44. The summed E-state index contributed by atoms with van der Waals surface area (Å²) in [7, 11) is 4.89. The van der Waals surface area contributed by atoms with Gasteiger partial charge in [-0.1, -0.05) is 27.4 Å². The van der Waals surface area contributed by atoms with Crippen LogP contribution in [0.1, 0.15) is 35.1 Å². The number of rotatable bonds is 4. The minimum absolute atomic E-state index is 0. The molecule has 0 N–H and O–H groups in total. The van der Waals surface area contributed by atoms with E-state index in [0.29, 0.717) is 6.61 Å². The Balaban J connectivity index is -0.000000357. The lowest BCUT2D eigenvalue weighted by Crippen LogP contribution is -2.40. The molecule has 20 heavy (non-hydrogen) atoms. The molecule has 5 heteroatoms. The first-order valence-electron chi connectivity index (χ1n) is 6.40. The first-order valence-corrected chi connectivity index (χ1v) is 6.40. The van der Waals surface area contributed by atoms with Gasteiger partial charge in [-0.2, -0.15) is 0 Å². The molecule has 0 saturated heterocycles. The molecule has 0 amide bonds. The maximum Gasteiger partial charge on any atom is 0.177 e. The molecule has 3 unspecified atom stereocenters. The summed E-state index contributed by atoms with van der Waals surface area (Å²) >= 11 is 0. The fourth-order valence-electron chi connectivity index (χ4n) is 1.28. The van der Waals surface area contributed by atoms with E-state index < -0.39 is 0 Å². The van der Waals surface area contributed by atoms with E-state index in [1.165, 1.54) is 13.8 Å². The smallest absolute Gasteiger partial charge is 0.177 e. The number of hydrogen-bond donors (Lipinski definition) is 0. The number of Topliss-reactive ketones (excluding diaryl/α,β-unsaturated/α-hetero) is 1. The van der Waals surface area contributed by atoms with Gasteiger partial charge in [-0.25, -0.2) is 0 Å². The highest BCUT2D eigenvalue weighted by Crippen LogP contribution is 2.15. The number of ketones is 1. The molecule has 0 spiro atoms. The Kier molecular flexibility index (Phi) is 19.8. The van der Waals surface area contributed by atoms with Crippen molar-refractivity contribution in [1.29, 1.82) is 0 Å². The van der Waals surface area contributed by atoms with Crippen LogP contribution in [0.4, 0.5) is 0 Å². The van der Waals surface area contributed by atoms with Crippen LogP contribution in [0, 0.1) is 0 Å². The monoisotopic (exact) mass is 292 g/mol. The second-order valence-corrected chi connectivity index (χ2v) is 3.73. The van der Waals surface area contributed by atoms with E-state index in [9.17, 15) is 4.79 Å². The Labute approximate surface area is 124 Å². The summed E-state index contributed by atoms with van der Waals surface area (Å²) in [5.41, 5.74) is 0. The van der Waals surface area contributed by atoms with Gasteiger partial charge in [0.05, 0.1) is 6.61 Å². The van der Waals surface area contributed by atoms with Crippen molar-refractivity contribution in [3.8, 4) is 0 Å². The first kappa shape index (κ1) is 24.3. The van der Waals surface area contributed by atoms with Gasteiger partial charge in [0.15, 0.2) is 6.29 Å². The molecular weight excluding hydrogens is 260 g/mol. The van der Waals surface area contributed by atoms with Crippen LogP contribution in [-0.4, -0.2) is 52.2 Å². The van der Waals surface area contributed by atoms with Crippen LogP contribution in [0.2, 0.25) is 0 Å². The molecule has 122 valence electrons. The van der Waals surface area contributed by atoms with Crippen LogP contribution in [0.5, 0.6) is 0 Å². The molecule has 0 aromatic heterocycles. The van der Waals surface area contributed by atoms with Gasteiger partial charge in [0.2, 0.25) is 0 Å². The fourth-order valence-corrected chi connectivity index (χ4v) is 1.28. The van der Waals surface area contributed by atoms with Crippen LogP contribution in [0.3, 0.4) is 0 Å². The molecule has 0 aromatic carbocycles. The number of carbonyl (C=O) groups excluding carboxylic acids is 1. The lowest BCUT2D eigenvalue weighted by atomic mass is 10.1. The highest BCUT2D eigenvalue weighted by molar-refractivity contribution is 5.72. The van der Waals surface area contributed by atoms with Crippen molar-refractivity contribution in [2.75, 3.05) is 27.9 Å². The summed E-state index contributed by atoms with van der Waals surface area (Å²) in [5, 5.41) is 0. The van der Waals surface area contributed by atoms with Gasteiger partial charge >= 0.3 is 0 Å². The summed E-state index contributed by atoms with van der Waals surface area (Å²) in [4.78, 5) is 9.44. The molecule has 1 aliphatic rings. The highest BCUT2D eigenvalue weighted by Gasteiger charge is 2.26. The van der Waals surface area contributed by atoms with Crippen LogP contribution < -0.4 is 0 Å². The van der Waals surface area contributed by atoms with Crippen molar-refractivity contribution in [3.63, 3.8) is 0 Å². The topological polar surface area (TPSA) is 54.0 Å². The highest BCUT2D eigenvalue weighted by atomic mass is 16.7. The standard InChI is InChI=1S/C9H16O4.C3H6O.C2H6.CH4/c1-10-6-8-7(11-2)4-5-9(12-3)13-8;1-3(2)4;1-2;/h4-5,7-9H,6H2,1-3H3;1-2H3;1-2H3;1H4. The van der Waals surface area contributed by atoms with E-state index in [2.05, 4.69) is 0 Å². The molecule has 0 aromatic rings. The molecular formula is C15H32O5. The minimum atomic E-state index is -0.286. The van der Waals surface area contributed by atoms with E-state index in [4.69, 9.17) is 18.9 Å². The predicted molar refractivity (Wildman–Crippen MR) is 81.9 cm³/mol. The van der Waals surface area contributed by atoms with E-state index in [0.717, 1.165) is 0 Å². The number of methoxy groups -OCH3 is 3. The van der Waals surface area contributed by atoms with E-state index in [-0.39, 0.29) is 31.7 Å². The van der Waals surface area contributed by atoms with Gasteiger partial charge in [0.25, 0.3) is 0 Å². The number of hydrogen-bond acceptors (Lipinski definition) is 5. The van der Waals surface area contributed by atoms with Gasteiger partial charge in [0, 0.05) is 21.3 Å². The predicted octanol–water partition coefficient (Wildman–Crippen LogP) is 2.83.